The van der Waals surface area contributed by atoms with Crippen LogP contribution in [-0.4, -0.2) is 35.4 Å². The Kier molecular flexibility index (Phi) is 9.89. The van der Waals surface area contributed by atoms with Crippen molar-refractivity contribution in [2.45, 2.75) is 51.0 Å². The first kappa shape index (κ1) is 17.2. The van der Waals surface area contributed by atoms with Gasteiger partial charge in [0, 0.05) is 21.0 Å². The van der Waals surface area contributed by atoms with Crippen molar-refractivity contribution < 1.29 is 0 Å². The molecule has 0 spiro atoms. The fraction of sp³-hybridized carbons (Fsp3) is 1.00. The summed E-state index contributed by atoms with van der Waals surface area (Å²) >= 11 is 4.11. The fourth-order valence-corrected chi connectivity index (χ4v) is 2.59. The molecule has 0 saturated carbocycles. The number of thioether (sulfide) groups is 2. The summed E-state index contributed by atoms with van der Waals surface area (Å²) in [4.78, 5) is 0. The predicted octanol–water partition coefficient (Wildman–Crippen LogP) is 3.29. The summed E-state index contributed by atoms with van der Waals surface area (Å²) in [7, 11) is 8.00. The summed E-state index contributed by atoms with van der Waals surface area (Å²) in [6, 6.07) is 0. The van der Waals surface area contributed by atoms with Crippen LogP contribution in [0, 0.1) is 0 Å². The van der Waals surface area contributed by atoms with Gasteiger partial charge in [-0.15, -0.1) is 0 Å². The Bertz CT molecular complexity index is 138. The molecule has 0 N–H and O–H groups in total. The minimum Gasteiger partial charge on any atom is -0.155 e. The standard InChI is InChI=1S/C10H22S2.B2/c1-9(2,3)11-7-8-12-10(4,5)6;1-2/h7-8H2,1-6H3;. The molecule has 0 atom stereocenters. The van der Waals surface area contributed by atoms with Crippen LogP contribution >= 0.6 is 23.5 Å². The van der Waals surface area contributed by atoms with Crippen molar-refractivity contribution in [3.05, 3.63) is 0 Å². The van der Waals surface area contributed by atoms with Gasteiger partial charge >= 0.3 is 14.4 Å². The summed E-state index contributed by atoms with van der Waals surface area (Å²) in [6.07, 6.45) is 0. The van der Waals surface area contributed by atoms with Gasteiger partial charge in [0.1, 0.15) is 0 Å². The van der Waals surface area contributed by atoms with E-state index in [1.54, 1.807) is 0 Å². The second-order valence-electron chi connectivity index (χ2n) is 4.92. The first-order valence-corrected chi connectivity index (χ1v) is 6.79. The van der Waals surface area contributed by atoms with Crippen LogP contribution in [-0.2, 0) is 0 Å². The van der Waals surface area contributed by atoms with E-state index in [1.165, 1.54) is 11.5 Å². The molecule has 0 saturated heterocycles. The Morgan fingerprint density at radius 2 is 0.929 bits per heavy atom. The van der Waals surface area contributed by atoms with E-state index in [-0.39, 0.29) is 0 Å². The first-order chi connectivity index (χ1) is 6.21. The van der Waals surface area contributed by atoms with Gasteiger partial charge in [-0.3, -0.25) is 0 Å². The maximum Gasteiger partial charge on any atom is 0.00753 e. The predicted molar refractivity (Wildman–Crippen MR) is 75.9 cm³/mol. The van der Waals surface area contributed by atoms with Crippen molar-refractivity contribution in [2.75, 3.05) is 11.5 Å². The van der Waals surface area contributed by atoms with Gasteiger partial charge < -0.3 is 0 Å². The van der Waals surface area contributed by atoms with Gasteiger partial charge in [0.15, 0.2) is 0 Å². The molecule has 0 bridgehead atoms. The van der Waals surface area contributed by atoms with Crippen LogP contribution in [0.2, 0.25) is 0 Å². The molecular weight excluding hydrogens is 206 g/mol. The average molecular weight is 228 g/mol. The molecule has 0 aliphatic heterocycles. The zero-order chi connectivity index (χ0) is 11.8. The number of hydrogen-bond acceptors (Lipinski definition) is 2. The van der Waals surface area contributed by atoms with Crippen molar-refractivity contribution in [1.82, 2.24) is 0 Å². The topological polar surface area (TPSA) is 0 Å². The van der Waals surface area contributed by atoms with Gasteiger partial charge in [0.05, 0.1) is 0 Å². The molecule has 4 heteroatoms. The molecule has 0 aromatic carbocycles. The van der Waals surface area contributed by atoms with E-state index in [2.05, 4.69) is 79.5 Å². The Balaban J connectivity index is 0. The Morgan fingerprint density at radius 3 is 1.07 bits per heavy atom. The van der Waals surface area contributed by atoms with E-state index in [9.17, 15) is 0 Å². The molecule has 0 radical (unpaired) electrons. The smallest absolute Gasteiger partial charge is 0.00753 e. The van der Waals surface area contributed by atoms with Gasteiger partial charge in [-0.25, -0.2) is 0 Å². The van der Waals surface area contributed by atoms with Crippen molar-refractivity contribution in [3.8, 4) is 0 Å². The van der Waals surface area contributed by atoms with Crippen molar-refractivity contribution in [3.63, 3.8) is 0 Å². The van der Waals surface area contributed by atoms with Gasteiger partial charge in [-0.1, -0.05) is 41.5 Å². The molecular formula is C10H22B2S2. The van der Waals surface area contributed by atoms with E-state index in [4.69, 9.17) is 0 Å². The number of rotatable bonds is 3. The molecule has 0 fully saturated rings. The van der Waals surface area contributed by atoms with Gasteiger partial charge in [0.2, 0.25) is 0 Å². The maximum atomic E-state index is 4.00. The van der Waals surface area contributed by atoms with Crippen LogP contribution in [0.4, 0.5) is 0 Å². The summed E-state index contributed by atoms with van der Waals surface area (Å²) in [5.41, 5.74) is 0. The molecule has 14 heavy (non-hydrogen) atoms. The molecule has 0 aromatic rings. The van der Waals surface area contributed by atoms with Gasteiger partial charge in [0.25, 0.3) is 0 Å². The van der Waals surface area contributed by atoms with Crippen LogP contribution in [0.5, 0.6) is 0 Å². The summed E-state index contributed by atoms with van der Waals surface area (Å²) in [5, 5.41) is 0. The molecule has 80 valence electrons. The SMILES string of the molecule is B#B.CC(C)(C)SCCSC(C)(C)C. The molecule has 0 heterocycles. The second kappa shape index (κ2) is 8.04. The third-order valence-corrected chi connectivity index (χ3v) is 3.96. The Labute approximate surface area is 100 Å². The van der Waals surface area contributed by atoms with E-state index in [0.717, 1.165) is 0 Å². The van der Waals surface area contributed by atoms with Crippen LogP contribution in [0.15, 0.2) is 0 Å². The molecule has 0 nitrogen and oxygen atoms in total. The summed E-state index contributed by atoms with van der Waals surface area (Å²) < 4.78 is 0.858. The first-order valence-electron chi connectivity index (χ1n) is 4.82. The monoisotopic (exact) mass is 228 g/mol. The number of hydrogen-bond donors (Lipinski definition) is 0. The van der Waals surface area contributed by atoms with E-state index >= 15 is 0 Å². The normalized spacial score (nSPS) is 12.1. The molecule has 0 aliphatic carbocycles. The zero-order valence-corrected chi connectivity index (χ0v) is 12.0. The maximum absolute atomic E-state index is 4.00. The summed E-state index contributed by atoms with van der Waals surface area (Å²) in [5.74, 6) is 2.54. The average Bonchev–Trinajstić information content (AvgIpc) is 1.99. The Hall–Kier alpha value is 0.830. The Morgan fingerprint density at radius 1 is 0.714 bits per heavy atom. The van der Waals surface area contributed by atoms with Crippen LogP contribution in [0.25, 0.3) is 0 Å². The minimum absolute atomic E-state index is 0.429. The largest absolute Gasteiger partial charge is 0.155 e. The van der Waals surface area contributed by atoms with Crippen molar-refractivity contribution in [2.24, 2.45) is 0 Å². The van der Waals surface area contributed by atoms with Gasteiger partial charge in [-0.2, -0.15) is 23.5 Å². The quantitative estimate of drug-likeness (QED) is 0.537. The van der Waals surface area contributed by atoms with E-state index < -0.39 is 0 Å². The zero-order valence-electron chi connectivity index (χ0n) is 10.4. The third-order valence-electron chi connectivity index (χ3n) is 1.15. The molecule has 0 rings (SSSR count). The van der Waals surface area contributed by atoms with Crippen molar-refractivity contribution >= 4 is 37.9 Å². The molecule has 0 unspecified atom stereocenters. The van der Waals surface area contributed by atoms with Crippen LogP contribution < -0.4 is 0 Å². The van der Waals surface area contributed by atoms with Crippen LogP contribution in [0.1, 0.15) is 41.5 Å². The second-order valence-corrected chi connectivity index (χ2v) is 8.77. The molecule has 0 amide bonds. The third kappa shape index (κ3) is 18.6. The van der Waals surface area contributed by atoms with E-state index in [1.807, 2.05) is 0 Å². The van der Waals surface area contributed by atoms with E-state index in [0.29, 0.717) is 9.49 Å². The summed E-state index contributed by atoms with van der Waals surface area (Å²) in [6.45, 7) is 13.7. The molecule has 0 aliphatic rings. The molecule has 0 aromatic heterocycles. The van der Waals surface area contributed by atoms with Crippen LogP contribution in [0.3, 0.4) is 0 Å². The van der Waals surface area contributed by atoms with Crippen molar-refractivity contribution in [1.29, 1.82) is 0 Å². The minimum atomic E-state index is 0.429. The fourth-order valence-electron chi connectivity index (χ4n) is 0.696. The van der Waals surface area contributed by atoms with Gasteiger partial charge in [-0.05, 0) is 0 Å².